The molecular formula is C16H30N2O5. The highest BCUT2D eigenvalue weighted by Crippen LogP contribution is 2.10. The molecule has 3 N–H and O–H groups in total. The number of nitrogens with one attached hydrogen (secondary N) is 2. The maximum atomic E-state index is 12.3. The van der Waals surface area contributed by atoms with Crippen molar-refractivity contribution in [3.05, 3.63) is 0 Å². The third kappa shape index (κ3) is 9.05. The zero-order valence-corrected chi connectivity index (χ0v) is 15.1. The van der Waals surface area contributed by atoms with Gasteiger partial charge in [0.05, 0.1) is 0 Å². The van der Waals surface area contributed by atoms with Gasteiger partial charge in [-0.1, -0.05) is 27.7 Å². The van der Waals surface area contributed by atoms with Crippen molar-refractivity contribution in [2.24, 2.45) is 11.8 Å². The predicted molar refractivity (Wildman–Crippen MR) is 87.0 cm³/mol. The van der Waals surface area contributed by atoms with Gasteiger partial charge < -0.3 is 20.5 Å². The standard InChI is InChI=1S/C16H30N2O5/c1-9(2)8-11(14(20)21)17-13(19)12(10(3)4)18-15(22)23-16(5,6)7/h9-12H,8H2,1-7H3,(H,17,19)(H,18,22)(H,20,21)/t11-,12-/m1/s1. The third-order valence-electron chi connectivity index (χ3n) is 2.94. The fourth-order valence-electron chi connectivity index (χ4n) is 1.92. The molecule has 134 valence electrons. The highest BCUT2D eigenvalue weighted by Gasteiger charge is 2.30. The summed E-state index contributed by atoms with van der Waals surface area (Å²) in [7, 11) is 0. The molecule has 0 aromatic heterocycles. The smallest absolute Gasteiger partial charge is 0.408 e. The number of ether oxygens (including phenoxy) is 1. The van der Waals surface area contributed by atoms with Gasteiger partial charge in [-0.15, -0.1) is 0 Å². The number of hydrogen-bond donors (Lipinski definition) is 3. The van der Waals surface area contributed by atoms with Crippen LogP contribution in [0.5, 0.6) is 0 Å². The first-order valence-electron chi connectivity index (χ1n) is 7.86. The lowest BCUT2D eigenvalue weighted by Gasteiger charge is -2.26. The van der Waals surface area contributed by atoms with Crippen molar-refractivity contribution in [3.8, 4) is 0 Å². The Morgan fingerprint density at radius 1 is 1.04 bits per heavy atom. The van der Waals surface area contributed by atoms with Crippen LogP contribution in [-0.4, -0.2) is 40.8 Å². The van der Waals surface area contributed by atoms with E-state index in [2.05, 4.69) is 10.6 Å². The number of hydrogen-bond acceptors (Lipinski definition) is 4. The number of rotatable bonds is 7. The van der Waals surface area contributed by atoms with E-state index in [1.54, 1.807) is 34.6 Å². The molecule has 0 saturated carbocycles. The highest BCUT2D eigenvalue weighted by molar-refractivity contribution is 5.89. The van der Waals surface area contributed by atoms with Crippen LogP contribution in [0.4, 0.5) is 4.79 Å². The van der Waals surface area contributed by atoms with Crippen LogP contribution in [0, 0.1) is 11.8 Å². The average molecular weight is 330 g/mol. The Bertz CT molecular complexity index is 427. The van der Waals surface area contributed by atoms with Gasteiger partial charge in [0.25, 0.3) is 0 Å². The largest absolute Gasteiger partial charge is 0.480 e. The van der Waals surface area contributed by atoms with Crippen molar-refractivity contribution in [1.29, 1.82) is 0 Å². The Kier molecular flexibility index (Phi) is 8.06. The lowest BCUT2D eigenvalue weighted by atomic mass is 10.0. The van der Waals surface area contributed by atoms with E-state index in [1.807, 2.05) is 13.8 Å². The zero-order chi connectivity index (χ0) is 18.4. The molecule has 0 radical (unpaired) electrons. The lowest BCUT2D eigenvalue weighted by Crippen LogP contribution is -2.54. The van der Waals surface area contributed by atoms with Crippen molar-refractivity contribution in [1.82, 2.24) is 10.6 Å². The molecule has 7 heteroatoms. The quantitative estimate of drug-likeness (QED) is 0.663. The molecule has 0 rings (SSSR count). The predicted octanol–water partition coefficient (Wildman–Crippen LogP) is 2.15. The Balaban J connectivity index is 4.91. The summed E-state index contributed by atoms with van der Waals surface area (Å²) in [4.78, 5) is 35.4. The second-order valence-electron chi connectivity index (χ2n) is 7.40. The van der Waals surface area contributed by atoms with Gasteiger partial charge in [0.15, 0.2) is 0 Å². The van der Waals surface area contributed by atoms with E-state index >= 15 is 0 Å². The van der Waals surface area contributed by atoms with Crippen LogP contribution in [0.2, 0.25) is 0 Å². The van der Waals surface area contributed by atoms with Crippen molar-refractivity contribution in [2.75, 3.05) is 0 Å². The second kappa shape index (κ2) is 8.74. The van der Waals surface area contributed by atoms with Crippen molar-refractivity contribution in [3.63, 3.8) is 0 Å². The van der Waals surface area contributed by atoms with Crippen LogP contribution < -0.4 is 10.6 Å². The first-order valence-corrected chi connectivity index (χ1v) is 7.86. The molecule has 0 bridgehead atoms. The van der Waals surface area contributed by atoms with Gasteiger partial charge in [0.1, 0.15) is 17.7 Å². The third-order valence-corrected chi connectivity index (χ3v) is 2.94. The summed E-state index contributed by atoms with van der Waals surface area (Å²) in [5.74, 6) is -1.71. The highest BCUT2D eigenvalue weighted by atomic mass is 16.6. The summed E-state index contributed by atoms with van der Waals surface area (Å²) in [5, 5.41) is 14.2. The summed E-state index contributed by atoms with van der Waals surface area (Å²) in [6, 6.07) is -1.84. The SMILES string of the molecule is CC(C)C[C@@H](NC(=O)[C@H](NC(=O)OC(C)(C)C)C(C)C)C(=O)O. The first kappa shape index (κ1) is 21.2. The van der Waals surface area contributed by atoms with Gasteiger partial charge in [-0.2, -0.15) is 0 Å². The maximum absolute atomic E-state index is 12.3. The number of carboxylic acids is 1. The van der Waals surface area contributed by atoms with Crippen LogP contribution in [0.3, 0.4) is 0 Å². The summed E-state index contributed by atoms with van der Waals surface area (Å²) >= 11 is 0. The molecule has 0 heterocycles. The van der Waals surface area contributed by atoms with Crippen LogP contribution in [0.15, 0.2) is 0 Å². The van der Waals surface area contributed by atoms with Crippen molar-refractivity contribution >= 4 is 18.0 Å². The second-order valence-corrected chi connectivity index (χ2v) is 7.40. The molecule has 7 nitrogen and oxygen atoms in total. The van der Waals surface area contributed by atoms with E-state index in [-0.39, 0.29) is 11.8 Å². The average Bonchev–Trinajstić information content (AvgIpc) is 2.31. The van der Waals surface area contributed by atoms with E-state index in [1.165, 1.54) is 0 Å². The monoisotopic (exact) mass is 330 g/mol. The van der Waals surface area contributed by atoms with Crippen molar-refractivity contribution in [2.45, 2.75) is 72.6 Å². The number of carbonyl (C=O) groups is 3. The Hall–Kier alpha value is -1.79. The zero-order valence-electron chi connectivity index (χ0n) is 15.1. The maximum Gasteiger partial charge on any atom is 0.408 e. The number of carboxylic acid groups (broad SMARTS) is 1. The fraction of sp³-hybridized carbons (Fsp3) is 0.812. The molecule has 23 heavy (non-hydrogen) atoms. The molecule has 0 saturated heterocycles. The normalized spacial score (nSPS) is 14.3. The van der Waals surface area contributed by atoms with Gasteiger partial charge in [0.2, 0.25) is 5.91 Å². The lowest BCUT2D eigenvalue weighted by molar-refractivity contribution is -0.142. The summed E-state index contributed by atoms with van der Waals surface area (Å²) in [6.07, 6.45) is -0.389. The molecule has 0 unspecified atom stereocenters. The minimum absolute atomic E-state index is 0.118. The molecule has 0 fully saturated rings. The van der Waals surface area contributed by atoms with Crippen LogP contribution >= 0.6 is 0 Å². The fourth-order valence-corrected chi connectivity index (χ4v) is 1.92. The summed E-state index contributed by atoms with van der Waals surface area (Å²) in [5.41, 5.74) is -0.677. The number of aliphatic carboxylic acids is 1. The molecule has 0 aliphatic rings. The molecule has 0 aromatic carbocycles. The van der Waals surface area contributed by atoms with E-state index in [0.29, 0.717) is 6.42 Å². The van der Waals surface area contributed by atoms with Gasteiger partial charge in [-0.3, -0.25) is 4.79 Å². The van der Waals surface area contributed by atoms with Crippen molar-refractivity contribution < 1.29 is 24.2 Å². The summed E-state index contributed by atoms with van der Waals surface area (Å²) < 4.78 is 5.14. The van der Waals surface area contributed by atoms with E-state index in [9.17, 15) is 19.5 Å². The molecule has 0 aliphatic heterocycles. The molecule has 0 aromatic rings. The Morgan fingerprint density at radius 2 is 1.57 bits per heavy atom. The number of alkyl carbamates (subject to hydrolysis) is 1. The van der Waals surface area contributed by atoms with Gasteiger partial charge in [-0.25, -0.2) is 9.59 Å². The van der Waals surface area contributed by atoms with Gasteiger partial charge in [0, 0.05) is 0 Å². The molecule has 2 atom stereocenters. The van der Waals surface area contributed by atoms with Gasteiger partial charge >= 0.3 is 12.1 Å². The van der Waals surface area contributed by atoms with Crippen LogP contribution in [0.1, 0.15) is 54.9 Å². The van der Waals surface area contributed by atoms with E-state index in [0.717, 1.165) is 0 Å². The minimum atomic E-state index is -1.09. The Labute approximate surface area is 138 Å². The number of amides is 2. The Morgan fingerprint density at radius 3 is 1.91 bits per heavy atom. The topological polar surface area (TPSA) is 105 Å². The van der Waals surface area contributed by atoms with E-state index in [4.69, 9.17) is 4.74 Å². The summed E-state index contributed by atoms with van der Waals surface area (Å²) in [6.45, 7) is 12.4. The minimum Gasteiger partial charge on any atom is -0.480 e. The van der Waals surface area contributed by atoms with Crippen LogP contribution in [-0.2, 0) is 14.3 Å². The van der Waals surface area contributed by atoms with Crippen LogP contribution in [0.25, 0.3) is 0 Å². The molecule has 2 amide bonds. The molecule has 0 spiro atoms. The molecular weight excluding hydrogens is 300 g/mol. The van der Waals surface area contributed by atoms with E-state index < -0.39 is 35.7 Å². The first-order chi connectivity index (χ1) is 10.3. The van der Waals surface area contributed by atoms with Gasteiger partial charge in [-0.05, 0) is 39.0 Å². The molecule has 0 aliphatic carbocycles. The number of carbonyl (C=O) groups excluding carboxylic acids is 2.